The zero-order chi connectivity index (χ0) is 11.8. The third-order valence-corrected chi connectivity index (χ3v) is 2.72. The van der Waals surface area contributed by atoms with Crippen LogP contribution in [0, 0.1) is 5.92 Å². The molecule has 1 aromatic heterocycles. The zero-order valence-corrected chi connectivity index (χ0v) is 10.9. The standard InChI is InChI=1S/C13H25N3/c1-4-6-12(3)9-16-10-13(15-11-16)8-14-7-5-2/h10-12,14H,4-9H2,1-3H3. The molecular weight excluding hydrogens is 198 g/mol. The molecule has 0 aliphatic carbocycles. The topological polar surface area (TPSA) is 29.9 Å². The lowest BCUT2D eigenvalue weighted by Gasteiger charge is -2.09. The normalized spacial score (nSPS) is 12.9. The molecule has 16 heavy (non-hydrogen) atoms. The van der Waals surface area contributed by atoms with Crippen LogP contribution in [0.1, 0.15) is 45.7 Å². The second-order valence-corrected chi connectivity index (χ2v) is 4.63. The van der Waals surface area contributed by atoms with Crippen molar-refractivity contribution in [2.24, 2.45) is 5.92 Å². The SMILES string of the molecule is CCCNCc1cn(CC(C)CCC)cn1. The van der Waals surface area contributed by atoms with Gasteiger partial charge in [0.1, 0.15) is 0 Å². The summed E-state index contributed by atoms with van der Waals surface area (Å²) in [6.07, 6.45) is 7.85. The first-order chi connectivity index (χ1) is 7.76. The van der Waals surface area contributed by atoms with Crippen molar-refractivity contribution < 1.29 is 0 Å². The first kappa shape index (κ1) is 13.2. The monoisotopic (exact) mass is 223 g/mol. The Balaban J connectivity index is 2.33. The van der Waals surface area contributed by atoms with Crippen molar-refractivity contribution in [1.29, 1.82) is 0 Å². The summed E-state index contributed by atoms with van der Waals surface area (Å²) in [7, 11) is 0. The minimum atomic E-state index is 0.746. The van der Waals surface area contributed by atoms with E-state index in [9.17, 15) is 0 Å². The van der Waals surface area contributed by atoms with Crippen molar-refractivity contribution in [1.82, 2.24) is 14.9 Å². The molecule has 0 bridgehead atoms. The number of hydrogen-bond acceptors (Lipinski definition) is 2. The molecule has 0 saturated carbocycles. The van der Waals surface area contributed by atoms with Gasteiger partial charge in [0.15, 0.2) is 0 Å². The molecule has 92 valence electrons. The van der Waals surface area contributed by atoms with Crippen LogP contribution in [0.25, 0.3) is 0 Å². The van der Waals surface area contributed by atoms with Gasteiger partial charge in [0.2, 0.25) is 0 Å². The fourth-order valence-corrected chi connectivity index (χ4v) is 1.93. The van der Waals surface area contributed by atoms with Crippen LogP contribution in [0.5, 0.6) is 0 Å². The molecule has 0 saturated heterocycles. The molecule has 3 heteroatoms. The number of aromatic nitrogens is 2. The van der Waals surface area contributed by atoms with E-state index in [0.717, 1.165) is 31.2 Å². The highest BCUT2D eigenvalue weighted by molar-refractivity contribution is 4.96. The van der Waals surface area contributed by atoms with E-state index in [0.29, 0.717) is 0 Å². The molecule has 0 aromatic carbocycles. The third kappa shape index (κ3) is 4.79. The lowest BCUT2D eigenvalue weighted by molar-refractivity contribution is 0.445. The van der Waals surface area contributed by atoms with Gasteiger partial charge in [0.05, 0.1) is 12.0 Å². The van der Waals surface area contributed by atoms with E-state index < -0.39 is 0 Å². The molecule has 0 fully saturated rings. The van der Waals surface area contributed by atoms with Gasteiger partial charge in [0.25, 0.3) is 0 Å². The molecule has 0 aliphatic rings. The van der Waals surface area contributed by atoms with Crippen LogP contribution < -0.4 is 5.32 Å². The summed E-state index contributed by atoms with van der Waals surface area (Å²) in [5, 5.41) is 3.37. The van der Waals surface area contributed by atoms with Crippen molar-refractivity contribution in [2.45, 2.75) is 53.1 Å². The molecule has 3 nitrogen and oxygen atoms in total. The van der Waals surface area contributed by atoms with Crippen LogP contribution in [0.3, 0.4) is 0 Å². The minimum Gasteiger partial charge on any atom is -0.337 e. The average Bonchev–Trinajstić information content (AvgIpc) is 2.66. The Morgan fingerprint density at radius 3 is 2.88 bits per heavy atom. The van der Waals surface area contributed by atoms with Gasteiger partial charge in [-0.3, -0.25) is 0 Å². The van der Waals surface area contributed by atoms with Gasteiger partial charge in [0, 0.05) is 19.3 Å². The molecule has 1 aromatic rings. The van der Waals surface area contributed by atoms with E-state index in [1.54, 1.807) is 0 Å². The smallest absolute Gasteiger partial charge is 0.0950 e. The molecule has 0 radical (unpaired) electrons. The number of nitrogens with one attached hydrogen (secondary N) is 1. The van der Waals surface area contributed by atoms with Crippen LogP contribution in [-0.4, -0.2) is 16.1 Å². The number of rotatable bonds is 8. The van der Waals surface area contributed by atoms with Gasteiger partial charge in [-0.1, -0.05) is 27.2 Å². The predicted octanol–water partition coefficient (Wildman–Crippen LogP) is 2.82. The van der Waals surface area contributed by atoms with Crippen LogP contribution >= 0.6 is 0 Å². The van der Waals surface area contributed by atoms with Crippen molar-refractivity contribution in [3.8, 4) is 0 Å². The number of imidazole rings is 1. The maximum absolute atomic E-state index is 4.40. The molecule has 1 rings (SSSR count). The molecule has 0 aliphatic heterocycles. The highest BCUT2D eigenvalue weighted by Crippen LogP contribution is 2.08. The molecule has 1 unspecified atom stereocenters. The van der Waals surface area contributed by atoms with Gasteiger partial charge in [-0.2, -0.15) is 0 Å². The summed E-state index contributed by atoms with van der Waals surface area (Å²) in [4.78, 5) is 4.40. The fourth-order valence-electron chi connectivity index (χ4n) is 1.93. The highest BCUT2D eigenvalue weighted by Gasteiger charge is 2.03. The first-order valence-electron chi connectivity index (χ1n) is 6.47. The van der Waals surface area contributed by atoms with E-state index in [1.165, 1.54) is 19.3 Å². The molecule has 1 heterocycles. The van der Waals surface area contributed by atoms with E-state index >= 15 is 0 Å². The molecule has 0 amide bonds. The quantitative estimate of drug-likeness (QED) is 0.687. The van der Waals surface area contributed by atoms with Gasteiger partial charge >= 0.3 is 0 Å². The predicted molar refractivity (Wildman–Crippen MR) is 68.3 cm³/mol. The van der Waals surface area contributed by atoms with Gasteiger partial charge in [-0.25, -0.2) is 4.98 Å². The Bertz CT molecular complexity index is 280. The first-order valence-corrected chi connectivity index (χ1v) is 6.47. The van der Waals surface area contributed by atoms with Crippen LogP contribution in [-0.2, 0) is 13.1 Å². The van der Waals surface area contributed by atoms with Crippen LogP contribution in [0.2, 0.25) is 0 Å². The summed E-state index contributed by atoms with van der Waals surface area (Å²) in [6.45, 7) is 9.78. The Morgan fingerprint density at radius 1 is 1.38 bits per heavy atom. The number of nitrogens with zero attached hydrogens (tertiary/aromatic N) is 2. The third-order valence-electron chi connectivity index (χ3n) is 2.72. The number of hydrogen-bond donors (Lipinski definition) is 1. The van der Waals surface area contributed by atoms with Gasteiger partial charge < -0.3 is 9.88 Å². The summed E-state index contributed by atoms with van der Waals surface area (Å²) in [6, 6.07) is 0. The van der Waals surface area contributed by atoms with Gasteiger partial charge in [-0.15, -0.1) is 0 Å². The fraction of sp³-hybridized carbons (Fsp3) is 0.769. The zero-order valence-electron chi connectivity index (χ0n) is 10.9. The summed E-state index contributed by atoms with van der Waals surface area (Å²) >= 11 is 0. The second-order valence-electron chi connectivity index (χ2n) is 4.63. The maximum atomic E-state index is 4.40. The molecular formula is C13H25N3. The largest absolute Gasteiger partial charge is 0.337 e. The highest BCUT2D eigenvalue weighted by atomic mass is 15.0. The maximum Gasteiger partial charge on any atom is 0.0950 e. The summed E-state index contributed by atoms with van der Waals surface area (Å²) in [5.41, 5.74) is 1.15. The Labute approximate surface area is 99.3 Å². The Kier molecular flexibility index (Phi) is 6.16. The van der Waals surface area contributed by atoms with Gasteiger partial charge in [-0.05, 0) is 25.3 Å². The Morgan fingerprint density at radius 2 is 2.19 bits per heavy atom. The van der Waals surface area contributed by atoms with E-state index in [-0.39, 0.29) is 0 Å². The van der Waals surface area contributed by atoms with Crippen molar-refractivity contribution in [3.05, 3.63) is 18.2 Å². The second kappa shape index (κ2) is 7.44. The lowest BCUT2D eigenvalue weighted by atomic mass is 10.1. The summed E-state index contributed by atoms with van der Waals surface area (Å²) < 4.78 is 2.21. The lowest BCUT2D eigenvalue weighted by Crippen LogP contribution is -2.14. The van der Waals surface area contributed by atoms with E-state index in [4.69, 9.17) is 0 Å². The molecule has 1 atom stereocenters. The van der Waals surface area contributed by atoms with Crippen LogP contribution in [0.15, 0.2) is 12.5 Å². The van der Waals surface area contributed by atoms with Crippen molar-refractivity contribution in [2.75, 3.05) is 6.54 Å². The molecule has 1 N–H and O–H groups in total. The van der Waals surface area contributed by atoms with Crippen LogP contribution in [0.4, 0.5) is 0 Å². The Hall–Kier alpha value is -0.830. The molecule has 0 spiro atoms. The van der Waals surface area contributed by atoms with Crippen molar-refractivity contribution >= 4 is 0 Å². The van der Waals surface area contributed by atoms with E-state index in [2.05, 4.69) is 41.8 Å². The van der Waals surface area contributed by atoms with E-state index in [1.807, 2.05) is 6.33 Å². The summed E-state index contributed by atoms with van der Waals surface area (Å²) in [5.74, 6) is 0.746. The average molecular weight is 223 g/mol. The minimum absolute atomic E-state index is 0.746. The van der Waals surface area contributed by atoms with Crippen molar-refractivity contribution in [3.63, 3.8) is 0 Å².